The summed E-state index contributed by atoms with van der Waals surface area (Å²) in [6.07, 6.45) is 3.16. The first-order valence-corrected chi connectivity index (χ1v) is 13.5. The number of nitrogens with zero attached hydrogens (tertiary/aromatic N) is 3. The fraction of sp³-hybridized carbons (Fsp3) is 0.406. The minimum Gasteiger partial charge on any atom is -0.497 e. The van der Waals surface area contributed by atoms with Crippen LogP contribution < -0.4 is 9.47 Å². The lowest BCUT2D eigenvalue weighted by Crippen LogP contribution is -2.19. The van der Waals surface area contributed by atoms with Gasteiger partial charge in [0.15, 0.2) is 0 Å². The van der Waals surface area contributed by atoms with Gasteiger partial charge in [-0.15, -0.1) is 0 Å². The maximum Gasteiger partial charge on any atom is 0.306 e. The molecule has 1 saturated carbocycles. The van der Waals surface area contributed by atoms with Crippen LogP contribution in [0.5, 0.6) is 11.5 Å². The minimum absolute atomic E-state index is 0.123. The number of ether oxygens (including phenoxy) is 3. The summed E-state index contributed by atoms with van der Waals surface area (Å²) in [6, 6.07) is 18.5. The molecule has 0 amide bonds. The molecule has 0 unspecified atom stereocenters. The predicted molar refractivity (Wildman–Crippen MR) is 153 cm³/mol. The molecule has 0 saturated heterocycles. The highest BCUT2D eigenvalue weighted by molar-refractivity contribution is 5.71. The van der Waals surface area contributed by atoms with Gasteiger partial charge in [0.1, 0.15) is 23.9 Å². The molecule has 7 nitrogen and oxygen atoms in total. The lowest BCUT2D eigenvalue weighted by molar-refractivity contribution is -0.141. The van der Waals surface area contributed by atoms with E-state index in [0.29, 0.717) is 43.2 Å². The molecule has 0 aromatic heterocycles. The number of azide groups is 1. The molecular formula is C32H36FN3O4. The highest BCUT2D eigenvalue weighted by Crippen LogP contribution is 2.45. The van der Waals surface area contributed by atoms with Crippen molar-refractivity contribution in [1.82, 2.24) is 0 Å². The zero-order chi connectivity index (χ0) is 28.7. The van der Waals surface area contributed by atoms with E-state index in [0.717, 1.165) is 40.8 Å². The summed E-state index contributed by atoms with van der Waals surface area (Å²) >= 11 is 0. The molecule has 3 aromatic carbocycles. The summed E-state index contributed by atoms with van der Waals surface area (Å²) in [7, 11) is 2.98. The number of hydrogen-bond acceptors (Lipinski definition) is 5. The van der Waals surface area contributed by atoms with Crippen molar-refractivity contribution in [3.63, 3.8) is 0 Å². The molecule has 4 rings (SSSR count). The van der Waals surface area contributed by atoms with Gasteiger partial charge in [0.05, 0.1) is 20.6 Å². The van der Waals surface area contributed by atoms with E-state index in [2.05, 4.69) is 10.0 Å². The topological polar surface area (TPSA) is 93.5 Å². The van der Waals surface area contributed by atoms with E-state index >= 15 is 0 Å². The number of carbonyl (C=O) groups excluding carboxylic acids is 1. The van der Waals surface area contributed by atoms with Crippen LogP contribution in [0.25, 0.3) is 21.6 Å². The Hall–Kier alpha value is -4.03. The zero-order valence-corrected chi connectivity index (χ0v) is 23.5. The standard InChI is InChI=1S/C32H36FN3O4/c1-32(2,20-35-36-34)18-24-14-21(8-12-27(24)29-16-25(38-3)11-13-30(29)33)19-40-26-7-5-6-23(15-26)28(22-9-10-22)17-31(37)39-4/h5-8,11-16,22,28H,9-10,17-20H2,1-4H3/t28-/m0/s1. The minimum atomic E-state index is -0.346. The van der Waals surface area contributed by atoms with Crippen molar-refractivity contribution in [1.29, 1.82) is 0 Å². The van der Waals surface area contributed by atoms with Crippen LogP contribution in [0.3, 0.4) is 0 Å². The maximum atomic E-state index is 15.0. The van der Waals surface area contributed by atoms with Crippen LogP contribution in [0.1, 0.15) is 55.7 Å². The van der Waals surface area contributed by atoms with Gasteiger partial charge in [-0.25, -0.2) is 4.39 Å². The Morgan fingerprint density at radius 2 is 1.88 bits per heavy atom. The SMILES string of the molecule is COC(=O)C[C@H](c1cccc(OCc2ccc(-c3cc(OC)ccc3F)c(CC(C)(C)CN=[N+]=[N-])c2)c1)C1CC1. The van der Waals surface area contributed by atoms with Crippen molar-refractivity contribution in [3.8, 4) is 22.6 Å². The number of esters is 1. The van der Waals surface area contributed by atoms with Gasteiger partial charge in [-0.2, -0.15) is 0 Å². The molecule has 1 atom stereocenters. The fourth-order valence-electron chi connectivity index (χ4n) is 5.10. The summed E-state index contributed by atoms with van der Waals surface area (Å²) in [4.78, 5) is 14.9. The van der Waals surface area contributed by atoms with Gasteiger partial charge in [-0.1, -0.05) is 49.3 Å². The first kappa shape index (κ1) is 29.0. The molecule has 40 heavy (non-hydrogen) atoms. The quantitative estimate of drug-likeness (QED) is 0.0941. The molecule has 1 aliphatic rings. The number of benzene rings is 3. The summed E-state index contributed by atoms with van der Waals surface area (Å²) in [5.74, 6) is 1.37. The Bertz CT molecular complexity index is 1400. The molecule has 0 N–H and O–H groups in total. The monoisotopic (exact) mass is 545 g/mol. The van der Waals surface area contributed by atoms with Crippen LogP contribution in [-0.2, 0) is 22.6 Å². The Balaban J connectivity index is 1.60. The van der Waals surface area contributed by atoms with Crippen LogP contribution in [0.4, 0.5) is 4.39 Å². The Morgan fingerprint density at radius 3 is 2.58 bits per heavy atom. The lowest BCUT2D eigenvalue weighted by Gasteiger charge is -2.25. The third kappa shape index (κ3) is 7.54. The second kappa shape index (κ2) is 12.9. The molecule has 0 spiro atoms. The molecule has 8 heteroatoms. The van der Waals surface area contributed by atoms with Gasteiger partial charge in [0.2, 0.25) is 0 Å². The number of rotatable bonds is 13. The maximum absolute atomic E-state index is 15.0. The van der Waals surface area contributed by atoms with E-state index in [9.17, 15) is 9.18 Å². The number of carbonyl (C=O) groups is 1. The summed E-state index contributed by atoms with van der Waals surface area (Å²) < 4.78 is 31.4. The van der Waals surface area contributed by atoms with Crippen molar-refractivity contribution in [3.05, 3.63) is 93.6 Å². The molecule has 0 bridgehead atoms. The van der Waals surface area contributed by atoms with Gasteiger partial charge in [0.25, 0.3) is 0 Å². The van der Waals surface area contributed by atoms with E-state index in [4.69, 9.17) is 19.7 Å². The number of hydrogen-bond donors (Lipinski definition) is 0. The van der Waals surface area contributed by atoms with Crippen molar-refractivity contribution < 1.29 is 23.4 Å². The first-order valence-electron chi connectivity index (χ1n) is 13.5. The van der Waals surface area contributed by atoms with Gasteiger partial charge >= 0.3 is 5.97 Å². The van der Waals surface area contributed by atoms with Crippen molar-refractivity contribution in [2.75, 3.05) is 20.8 Å². The Kier molecular flexibility index (Phi) is 9.33. The molecular weight excluding hydrogens is 509 g/mol. The molecule has 0 aliphatic heterocycles. The molecule has 3 aromatic rings. The van der Waals surface area contributed by atoms with Gasteiger partial charge < -0.3 is 14.2 Å². The largest absolute Gasteiger partial charge is 0.497 e. The zero-order valence-electron chi connectivity index (χ0n) is 23.5. The summed E-state index contributed by atoms with van der Waals surface area (Å²) in [5, 5.41) is 3.78. The highest BCUT2D eigenvalue weighted by Gasteiger charge is 2.34. The van der Waals surface area contributed by atoms with Crippen LogP contribution >= 0.6 is 0 Å². The molecule has 210 valence electrons. The van der Waals surface area contributed by atoms with E-state index in [1.165, 1.54) is 13.2 Å². The average Bonchev–Trinajstić information content (AvgIpc) is 3.79. The van der Waals surface area contributed by atoms with Crippen molar-refractivity contribution in [2.45, 2.75) is 52.1 Å². The van der Waals surface area contributed by atoms with Crippen molar-refractivity contribution >= 4 is 5.97 Å². The fourth-order valence-corrected chi connectivity index (χ4v) is 5.10. The smallest absolute Gasteiger partial charge is 0.306 e. The highest BCUT2D eigenvalue weighted by atomic mass is 19.1. The van der Waals surface area contributed by atoms with Crippen LogP contribution in [0.15, 0.2) is 65.8 Å². The Morgan fingerprint density at radius 1 is 1.07 bits per heavy atom. The Labute approximate surface area is 234 Å². The van der Waals surface area contributed by atoms with Crippen molar-refractivity contribution in [2.24, 2.45) is 16.4 Å². The van der Waals surface area contributed by atoms with Crippen LogP contribution in [0, 0.1) is 17.2 Å². The predicted octanol–water partition coefficient (Wildman–Crippen LogP) is 8.02. The lowest BCUT2D eigenvalue weighted by atomic mass is 9.82. The first-order chi connectivity index (χ1) is 19.2. The average molecular weight is 546 g/mol. The number of methoxy groups -OCH3 is 2. The molecule has 0 heterocycles. The third-order valence-electron chi connectivity index (χ3n) is 7.36. The van der Waals surface area contributed by atoms with Gasteiger partial charge in [-0.05, 0) is 94.6 Å². The molecule has 0 radical (unpaired) electrons. The molecule has 1 aliphatic carbocycles. The van der Waals surface area contributed by atoms with E-state index in [-0.39, 0.29) is 23.1 Å². The normalized spacial score (nSPS) is 13.7. The van der Waals surface area contributed by atoms with Crippen LogP contribution in [0.2, 0.25) is 0 Å². The third-order valence-corrected chi connectivity index (χ3v) is 7.36. The second-order valence-electron chi connectivity index (χ2n) is 11.2. The van der Waals surface area contributed by atoms with E-state index in [1.807, 2.05) is 56.3 Å². The number of halogens is 1. The van der Waals surface area contributed by atoms with E-state index in [1.54, 1.807) is 19.2 Å². The molecule has 1 fully saturated rings. The van der Waals surface area contributed by atoms with Crippen LogP contribution in [-0.4, -0.2) is 26.7 Å². The van der Waals surface area contributed by atoms with E-state index < -0.39 is 0 Å². The summed E-state index contributed by atoms with van der Waals surface area (Å²) in [5.41, 5.74) is 12.6. The van der Waals surface area contributed by atoms with Gasteiger partial charge in [0, 0.05) is 17.0 Å². The van der Waals surface area contributed by atoms with Gasteiger partial charge in [-0.3, -0.25) is 4.79 Å². The summed E-state index contributed by atoms with van der Waals surface area (Å²) in [6.45, 7) is 4.67. The second-order valence-corrected chi connectivity index (χ2v) is 11.2.